The zero-order valence-corrected chi connectivity index (χ0v) is 83.2. The first kappa shape index (κ1) is 107. The summed E-state index contributed by atoms with van der Waals surface area (Å²) in [6.07, 6.45) is -4.61. The molecule has 4 aromatic heterocycles. The summed E-state index contributed by atoms with van der Waals surface area (Å²) in [6.45, 7) is 45.4. The highest BCUT2D eigenvalue weighted by molar-refractivity contribution is 14.1. The normalized spacial score (nSPS) is 20.4. The molecule has 8 N–H and O–H groups in total. The number of aromatic nitrogens is 4. The summed E-state index contributed by atoms with van der Waals surface area (Å²) in [5.41, 5.74) is 5.85. The number of sulfonamides is 2. The standard InChI is InChI=1S/C46H44F3N5O7S.C31H28F3N5O6S.C14H17NO2.C7H4IN.C6H13NO2/c1-6-28-23-45(28,43(57)53-62(58,59)32-19-20-32)24-36(55)35-22-31(25-54(35)42(56)34(44(2,3)4)21-26-11-17-30(50-5)18-12-26)60-41-39-38(33-9-7-8-10-37(33)61-39)51-40(52-41)27-13-15-29(16-14-27)46(47,48)49;1-2-17-14-30(17,29(41)39-46(42,43)20-11-12-20)38-27(40)22-13-19(15-35-22)44-28-25-24(21-5-3-4-6-23(21)45-25)36-26(37-28)16-7-9-18(10-8-16)31(32,33)34;1-14(2,3)12(13(16)17)9-10-5-7-11(15-4)8-6-10;1-9-7-4-2-6(8)3-5-7;1-6(2,3)4(7)5(8)9/h6-18,28,31-32,34-35H,1,19-25H2,2-4H3,(H,53,57);2-10,17,19-20,22,35H,1,11-15H2,(H,38,40)(H,39,41);5-8,12H,9H2,1-3H3,(H,16,17);2-5H;4H,7H2,1-3H3,(H,8,9)/t28-,31-,34-,35+,45-;17-,19-,22+,30-;12-;;4-/m111.1/s1. The van der Waals surface area contributed by atoms with E-state index in [1.807, 2.05) is 77.9 Å². The molecule has 30 nitrogen and oxygen atoms in total. The first-order valence-electron chi connectivity index (χ1n) is 45.8. The van der Waals surface area contributed by atoms with Crippen molar-refractivity contribution >= 4 is 145 Å². The van der Waals surface area contributed by atoms with E-state index < -0.39 is 160 Å². The quantitative estimate of drug-likeness (QED) is 0.0115. The summed E-state index contributed by atoms with van der Waals surface area (Å²) >= 11 is 2.21. The van der Waals surface area contributed by atoms with Crippen LogP contribution in [0.1, 0.15) is 142 Å². The summed E-state index contributed by atoms with van der Waals surface area (Å²) in [5, 5.41) is 23.4. The van der Waals surface area contributed by atoms with Gasteiger partial charge in [0, 0.05) is 63.1 Å². The molecule has 6 aliphatic rings. The third-order valence-electron chi connectivity index (χ3n) is 25.9. The fourth-order valence-electron chi connectivity index (χ4n) is 16.7. The van der Waals surface area contributed by atoms with Crippen LogP contribution in [0.2, 0.25) is 0 Å². The van der Waals surface area contributed by atoms with Crippen LogP contribution in [0.5, 0.6) is 11.8 Å². The van der Waals surface area contributed by atoms with Gasteiger partial charge in [-0.25, -0.2) is 41.3 Å². The van der Waals surface area contributed by atoms with Crippen molar-refractivity contribution in [2.75, 3.05) is 13.1 Å². The first-order chi connectivity index (χ1) is 67.2. The summed E-state index contributed by atoms with van der Waals surface area (Å²) in [5.74, 6) is -6.35. The number of benzene rings is 7. The molecule has 2 saturated heterocycles. The van der Waals surface area contributed by atoms with Crippen LogP contribution in [0.25, 0.3) is 81.4 Å². The van der Waals surface area contributed by atoms with Gasteiger partial charge in [0.1, 0.15) is 46.0 Å². The van der Waals surface area contributed by atoms with E-state index in [1.165, 1.54) is 44.9 Å². The molecular formula is C104H106F6IN13O17S2. The molecule has 0 spiro atoms. The number of furan rings is 2. The minimum atomic E-state index is -4.56. The molecule has 0 radical (unpaired) electrons. The SMILES string of the molecule is C=C[C@@H]1C[C@]1(NC(=O)[C@@H]1C[C@@H](Oc2nc(-c3ccc(C(F)(F)F)cc3)nc3c2oc2ccccc23)CN1)C(=O)NS(=O)(=O)C1CC1.CC(C)(C)[C@H](N)C(=O)O.[C-]#[N+]c1ccc(C[C@H](C(=O)N2C[C@H](Oc3nc(-c4ccc(C(F)(F)F)cc4)nc4c3oc3ccccc34)C[C@H]2C(=O)C[C@]2(C(=O)NS(=O)(=O)C3CC3)C[C@H]2C=C)C(C)(C)C)cc1.[C-]#[N+]c1ccc(C[C@H](C(=O)O)C(C)(C)C)cc1.[C-]#[N+]c1ccc(I)cc1. The average molecular weight is 2120 g/mol. The third kappa shape index (κ3) is 25.6. The fourth-order valence-corrected chi connectivity index (χ4v) is 19.8. The van der Waals surface area contributed by atoms with Crippen molar-refractivity contribution < 1.29 is 105 Å². The highest BCUT2D eigenvalue weighted by Gasteiger charge is 2.63. The first-order valence-corrected chi connectivity index (χ1v) is 50.0. The van der Waals surface area contributed by atoms with Crippen LogP contribution < -0.4 is 35.3 Å². The predicted octanol–water partition coefficient (Wildman–Crippen LogP) is 19.3. The number of Topliss-reactive ketones (excluding diaryl/α,β-unsaturated/α-hetero) is 1. The van der Waals surface area contributed by atoms with Crippen molar-refractivity contribution in [3.8, 4) is 34.5 Å². The number of nitrogens with two attached hydrogens (primary N) is 1. The second kappa shape index (κ2) is 42.6. The number of nitrogens with one attached hydrogen (secondary N) is 4. The van der Waals surface area contributed by atoms with E-state index in [1.54, 1.807) is 106 Å². The van der Waals surface area contributed by atoms with Crippen molar-refractivity contribution in [3.63, 3.8) is 0 Å². The van der Waals surface area contributed by atoms with Gasteiger partial charge in [-0.1, -0.05) is 196 Å². The number of rotatable bonds is 26. The Labute approximate surface area is 835 Å². The smallest absolute Gasteiger partial charge is 0.416 e. The van der Waals surface area contributed by atoms with Crippen LogP contribution in [0, 0.1) is 68.6 Å². The molecule has 7 aromatic carbocycles. The lowest BCUT2D eigenvalue weighted by Gasteiger charge is -2.35. The van der Waals surface area contributed by atoms with Crippen LogP contribution in [0.15, 0.2) is 204 Å². The molecule has 4 saturated carbocycles. The maximum Gasteiger partial charge on any atom is 0.416 e. The zero-order valence-electron chi connectivity index (χ0n) is 79.4. The molecule has 4 aliphatic carbocycles. The number of carbonyl (C=O) groups is 7. The monoisotopic (exact) mass is 2110 g/mol. The van der Waals surface area contributed by atoms with Crippen molar-refractivity contribution in [3.05, 3.63) is 255 Å². The number of alkyl halides is 6. The van der Waals surface area contributed by atoms with Crippen LogP contribution >= 0.6 is 22.6 Å². The van der Waals surface area contributed by atoms with Gasteiger partial charge in [-0.15, -0.1) is 13.2 Å². The largest absolute Gasteiger partial charge is 0.481 e. The number of fused-ring (bicyclic) bond motifs is 6. The zero-order chi connectivity index (χ0) is 104. The maximum atomic E-state index is 15.0. The highest BCUT2D eigenvalue weighted by Crippen LogP contribution is 2.58. The van der Waals surface area contributed by atoms with E-state index >= 15 is 0 Å². The molecule has 0 unspecified atom stereocenters. The van der Waals surface area contributed by atoms with E-state index in [4.69, 9.17) is 48.9 Å². The van der Waals surface area contributed by atoms with Crippen molar-refractivity contribution in [2.45, 2.75) is 192 Å². The summed E-state index contributed by atoms with van der Waals surface area (Å²) < 4.78 is 161. The number of likely N-dealkylation sites (tertiary alicyclic amines) is 1. The van der Waals surface area contributed by atoms with Gasteiger partial charge >= 0.3 is 24.3 Å². The molecule has 143 heavy (non-hydrogen) atoms. The topological polar surface area (TPSA) is 415 Å². The second-order valence-corrected chi connectivity index (χ2v) is 44.6. The minimum absolute atomic E-state index is 0.0285. The molecule has 0 bridgehead atoms. The molecule has 750 valence electrons. The number of nitrogens with zero attached hydrogens (tertiary/aromatic N) is 8. The van der Waals surface area contributed by atoms with Gasteiger partial charge in [0.25, 0.3) is 17.7 Å². The highest BCUT2D eigenvalue weighted by atomic mass is 127. The summed E-state index contributed by atoms with van der Waals surface area (Å²) in [4.78, 5) is 121. The van der Waals surface area contributed by atoms with Gasteiger partial charge in [0.2, 0.25) is 48.9 Å². The number of carbonyl (C=O) groups excluding carboxylic acids is 5. The van der Waals surface area contributed by atoms with Crippen LogP contribution in [0.4, 0.5) is 43.4 Å². The predicted molar refractivity (Wildman–Crippen MR) is 531 cm³/mol. The molecule has 17 rings (SSSR count). The van der Waals surface area contributed by atoms with E-state index in [0.717, 1.165) is 35.4 Å². The molecule has 6 fully saturated rings. The van der Waals surface area contributed by atoms with Crippen LogP contribution in [-0.2, 0) is 78.8 Å². The Morgan fingerprint density at radius 1 is 0.566 bits per heavy atom. The Morgan fingerprint density at radius 2 is 0.993 bits per heavy atom. The van der Waals surface area contributed by atoms with Gasteiger partial charge in [0.05, 0.1) is 71.3 Å². The van der Waals surface area contributed by atoms with Crippen molar-refractivity contribution in [1.29, 1.82) is 0 Å². The van der Waals surface area contributed by atoms with Gasteiger partial charge in [-0.2, -0.15) is 36.3 Å². The number of ketones is 1. The Hall–Kier alpha value is -13.5. The maximum absolute atomic E-state index is 15.0. The Kier molecular flexibility index (Phi) is 31.8. The van der Waals surface area contributed by atoms with Crippen LogP contribution in [0.3, 0.4) is 0 Å². The van der Waals surface area contributed by atoms with E-state index in [0.29, 0.717) is 87.7 Å². The lowest BCUT2D eigenvalue weighted by molar-refractivity contribution is -0.145. The minimum Gasteiger partial charge on any atom is -0.481 e. The van der Waals surface area contributed by atoms with E-state index in [9.17, 15) is 81.8 Å². The number of halogens is 7. The molecule has 6 heterocycles. The number of allylic oxidation sites excluding steroid dienone is 1. The second-order valence-electron chi connectivity index (χ2n) is 39.4. The molecule has 11 aromatic rings. The summed E-state index contributed by atoms with van der Waals surface area (Å²) in [7, 11) is -7.73. The number of hydrogen-bond acceptors (Lipinski definition) is 21. The summed E-state index contributed by atoms with van der Waals surface area (Å²) in [6, 6.07) is 41.9. The number of ether oxygens (including phenoxy) is 2. The van der Waals surface area contributed by atoms with Crippen LogP contribution in [-0.4, -0.2) is 153 Å². The fraction of sp³-hybridized carbons (Fsp3) is 0.385. The molecule has 39 heteroatoms. The lowest BCUT2D eigenvalue weighted by Crippen LogP contribution is -2.55. The van der Waals surface area contributed by atoms with Gasteiger partial charge < -0.3 is 49.8 Å². The molecule has 2 aliphatic heterocycles. The number of para-hydroxylation sites is 2. The number of hydrogen-bond donors (Lipinski definition) is 7. The van der Waals surface area contributed by atoms with E-state index in [2.05, 4.69) is 90.3 Å². The molecular weight excluding hydrogens is 2010 g/mol. The lowest BCUT2D eigenvalue weighted by atomic mass is 9.76. The number of amides is 4. The Morgan fingerprint density at radius 3 is 1.38 bits per heavy atom. The Balaban J connectivity index is 0.000000183. The number of carboxylic acid groups (broad SMARTS) is 2. The van der Waals surface area contributed by atoms with Gasteiger partial charge in [0.15, 0.2) is 34.5 Å². The van der Waals surface area contributed by atoms with Gasteiger partial charge in [-0.05, 0) is 156 Å². The Bertz CT molecular complexity index is 7070. The van der Waals surface area contributed by atoms with E-state index in [-0.39, 0.29) is 108 Å². The van der Waals surface area contributed by atoms with Gasteiger partial charge in [-0.3, -0.25) is 43.0 Å². The number of carboxylic acids is 2. The third-order valence-corrected chi connectivity index (χ3v) is 30.2. The molecule has 4 amide bonds. The number of aliphatic carboxylic acids is 2. The average Bonchev–Trinajstić information content (AvgIpc) is 1.57. The van der Waals surface area contributed by atoms with Crippen molar-refractivity contribution in [2.24, 2.45) is 51.1 Å². The molecule has 11 atom stereocenters. The van der Waals surface area contributed by atoms with Crippen molar-refractivity contribution in [1.82, 2.24) is 44.9 Å².